The van der Waals surface area contributed by atoms with E-state index >= 15 is 0 Å². The van der Waals surface area contributed by atoms with Crippen molar-refractivity contribution in [1.82, 2.24) is 15.5 Å². The molecule has 0 atom stereocenters. The summed E-state index contributed by atoms with van der Waals surface area (Å²) in [4.78, 5) is 16.3. The highest BCUT2D eigenvalue weighted by molar-refractivity contribution is 6.32. The van der Waals surface area contributed by atoms with Crippen LogP contribution >= 0.6 is 11.6 Å². The van der Waals surface area contributed by atoms with E-state index in [9.17, 15) is 4.79 Å². The normalized spacial score (nSPS) is 10.6. The maximum absolute atomic E-state index is 12.0. The largest absolute Gasteiger partial charge is 0.497 e. The molecule has 0 saturated carbocycles. The van der Waals surface area contributed by atoms with Crippen LogP contribution in [0.5, 0.6) is 11.5 Å². The molecular formula is C21H22ClN3O4. The number of benzene rings is 2. The van der Waals surface area contributed by atoms with E-state index in [4.69, 9.17) is 25.6 Å². The van der Waals surface area contributed by atoms with Crippen LogP contribution in [0.2, 0.25) is 5.02 Å². The minimum absolute atomic E-state index is 0.0819. The average Bonchev–Trinajstić information content (AvgIpc) is 3.19. The van der Waals surface area contributed by atoms with E-state index in [1.165, 1.54) is 0 Å². The van der Waals surface area contributed by atoms with Gasteiger partial charge < -0.3 is 19.3 Å². The first-order valence-electron chi connectivity index (χ1n) is 9.09. The Labute approximate surface area is 174 Å². The Morgan fingerprint density at radius 1 is 1.14 bits per heavy atom. The van der Waals surface area contributed by atoms with E-state index < -0.39 is 0 Å². The minimum Gasteiger partial charge on any atom is -0.497 e. The number of ether oxygens (including phenoxy) is 2. The van der Waals surface area contributed by atoms with Crippen LogP contribution in [0.1, 0.15) is 17.0 Å². The molecule has 0 spiro atoms. The quantitative estimate of drug-likeness (QED) is 0.603. The van der Waals surface area contributed by atoms with Crippen molar-refractivity contribution < 1.29 is 18.8 Å². The number of methoxy groups -OCH3 is 1. The second kappa shape index (κ2) is 9.43. The molecule has 152 valence electrons. The van der Waals surface area contributed by atoms with Crippen LogP contribution in [-0.2, 0) is 11.2 Å². The fraction of sp³-hybridized carbons (Fsp3) is 0.286. The second-order valence-electron chi connectivity index (χ2n) is 6.50. The highest BCUT2D eigenvalue weighted by Gasteiger charge is 2.10. The van der Waals surface area contributed by atoms with Gasteiger partial charge in [-0.15, -0.1) is 0 Å². The summed E-state index contributed by atoms with van der Waals surface area (Å²) in [5, 5.41) is 7.44. The zero-order valence-electron chi connectivity index (χ0n) is 16.5. The van der Waals surface area contributed by atoms with Crippen LogP contribution in [0.3, 0.4) is 0 Å². The van der Waals surface area contributed by atoms with E-state index in [0.29, 0.717) is 35.5 Å². The average molecular weight is 416 g/mol. The molecule has 2 aromatic carbocycles. The number of rotatable bonds is 8. The fourth-order valence-electron chi connectivity index (χ4n) is 2.71. The molecule has 8 heteroatoms. The van der Waals surface area contributed by atoms with Crippen LogP contribution in [0.4, 0.5) is 0 Å². The summed E-state index contributed by atoms with van der Waals surface area (Å²) < 4.78 is 15.9. The summed E-state index contributed by atoms with van der Waals surface area (Å²) in [5.41, 5.74) is 2.64. The van der Waals surface area contributed by atoms with Crippen LogP contribution < -0.4 is 14.8 Å². The monoisotopic (exact) mass is 415 g/mol. The summed E-state index contributed by atoms with van der Waals surface area (Å²) in [7, 11) is 1.61. The van der Waals surface area contributed by atoms with Crippen molar-refractivity contribution in [1.29, 1.82) is 0 Å². The van der Waals surface area contributed by atoms with E-state index in [0.717, 1.165) is 22.4 Å². The molecule has 0 saturated heterocycles. The first-order valence-corrected chi connectivity index (χ1v) is 9.47. The number of amides is 1. The predicted molar refractivity (Wildman–Crippen MR) is 109 cm³/mol. The van der Waals surface area contributed by atoms with Crippen molar-refractivity contribution >= 4 is 17.5 Å². The molecule has 0 aliphatic carbocycles. The van der Waals surface area contributed by atoms with Crippen LogP contribution in [-0.4, -0.2) is 36.3 Å². The Morgan fingerprint density at radius 3 is 2.48 bits per heavy atom. The lowest BCUT2D eigenvalue weighted by Crippen LogP contribution is -2.30. The fourth-order valence-corrected chi connectivity index (χ4v) is 2.82. The van der Waals surface area contributed by atoms with Crippen LogP contribution in [0.25, 0.3) is 11.4 Å². The van der Waals surface area contributed by atoms with Gasteiger partial charge in [-0.1, -0.05) is 16.8 Å². The number of nitrogens with one attached hydrogen (secondary N) is 1. The summed E-state index contributed by atoms with van der Waals surface area (Å²) >= 11 is 6.13. The molecule has 0 radical (unpaired) electrons. The van der Waals surface area contributed by atoms with Crippen molar-refractivity contribution in [2.45, 2.75) is 20.3 Å². The maximum atomic E-state index is 12.0. The first-order chi connectivity index (χ1) is 14.0. The van der Waals surface area contributed by atoms with Crippen LogP contribution in [0, 0.1) is 13.8 Å². The Bertz CT molecular complexity index is 963. The van der Waals surface area contributed by atoms with Gasteiger partial charge in [0, 0.05) is 23.6 Å². The molecule has 3 aromatic rings. The molecule has 0 unspecified atom stereocenters. The molecule has 1 aromatic heterocycles. The number of aryl methyl sites for hydroxylation is 2. The van der Waals surface area contributed by atoms with Crippen LogP contribution in [0.15, 0.2) is 40.9 Å². The molecule has 0 aliphatic rings. The molecule has 3 rings (SSSR count). The van der Waals surface area contributed by atoms with Gasteiger partial charge in [0.25, 0.3) is 5.91 Å². The topological polar surface area (TPSA) is 86.5 Å². The van der Waals surface area contributed by atoms with Gasteiger partial charge in [0.2, 0.25) is 11.7 Å². The van der Waals surface area contributed by atoms with E-state index in [1.807, 2.05) is 50.2 Å². The maximum Gasteiger partial charge on any atom is 0.257 e. The van der Waals surface area contributed by atoms with Gasteiger partial charge in [0.15, 0.2) is 6.61 Å². The summed E-state index contributed by atoms with van der Waals surface area (Å²) in [6.45, 7) is 4.08. The number of carbonyl (C=O) groups excluding carboxylic acids is 1. The third kappa shape index (κ3) is 5.48. The lowest BCUT2D eigenvalue weighted by Gasteiger charge is -2.10. The molecule has 0 aliphatic heterocycles. The van der Waals surface area contributed by atoms with Crippen molar-refractivity contribution in [3.05, 3.63) is 58.4 Å². The van der Waals surface area contributed by atoms with Crippen molar-refractivity contribution in [3.8, 4) is 22.9 Å². The summed E-state index contributed by atoms with van der Waals surface area (Å²) in [5.74, 6) is 2.07. The Balaban J connectivity index is 1.45. The van der Waals surface area contributed by atoms with Gasteiger partial charge in [0.1, 0.15) is 11.5 Å². The zero-order valence-corrected chi connectivity index (χ0v) is 17.2. The van der Waals surface area contributed by atoms with Gasteiger partial charge in [-0.3, -0.25) is 4.79 Å². The van der Waals surface area contributed by atoms with Gasteiger partial charge in [0.05, 0.1) is 7.11 Å². The number of nitrogens with zero attached hydrogens (tertiary/aromatic N) is 2. The van der Waals surface area contributed by atoms with Gasteiger partial charge in [-0.2, -0.15) is 4.98 Å². The number of carbonyl (C=O) groups is 1. The molecule has 0 bridgehead atoms. The summed E-state index contributed by atoms with van der Waals surface area (Å²) in [6, 6.07) is 11.0. The molecule has 0 fully saturated rings. The smallest absolute Gasteiger partial charge is 0.257 e. The molecule has 1 amide bonds. The number of halogens is 1. The van der Waals surface area contributed by atoms with Crippen molar-refractivity contribution in [2.75, 3.05) is 20.3 Å². The van der Waals surface area contributed by atoms with E-state index in [2.05, 4.69) is 15.5 Å². The zero-order chi connectivity index (χ0) is 20.8. The Hall–Kier alpha value is -3.06. The molecule has 1 heterocycles. The lowest BCUT2D eigenvalue weighted by molar-refractivity contribution is -0.123. The Morgan fingerprint density at radius 2 is 1.83 bits per heavy atom. The standard InChI is InChI=1S/C21H22ClN3O4/c1-13-10-17(11-14(2)20(13)22)28-12-18(26)23-9-8-19-24-21(25-29-19)15-4-6-16(27-3)7-5-15/h4-7,10-11H,8-9,12H2,1-3H3,(H,23,26). The van der Waals surface area contributed by atoms with Gasteiger partial charge in [-0.25, -0.2) is 0 Å². The summed E-state index contributed by atoms with van der Waals surface area (Å²) in [6.07, 6.45) is 0.425. The lowest BCUT2D eigenvalue weighted by atomic mass is 10.1. The van der Waals surface area contributed by atoms with Crippen molar-refractivity contribution in [2.24, 2.45) is 0 Å². The molecule has 29 heavy (non-hydrogen) atoms. The predicted octanol–water partition coefficient (Wildman–Crippen LogP) is 3.75. The van der Waals surface area contributed by atoms with E-state index in [1.54, 1.807) is 7.11 Å². The first kappa shape index (κ1) is 20.7. The second-order valence-corrected chi connectivity index (χ2v) is 6.88. The Kier molecular flexibility index (Phi) is 6.72. The van der Waals surface area contributed by atoms with E-state index in [-0.39, 0.29) is 12.5 Å². The van der Waals surface area contributed by atoms with Gasteiger partial charge in [-0.05, 0) is 61.4 Å². The third-order valence-corrected chi connectivity index (χ3v) is 4.85. The molecule has 1 N–H and O–H groups in total. The van der Waals surface area contributed by atoms with Gasteiger partial charge >= 0.3 is 0 Å². The molecule has 7 nitrogen and oxygen atoms in total. The minimum atomic E-state index is -0.231. The number of hydrogen-bond acceptors (Lipinski definition) is 6. The molecular weight excluding hydrogens is 394 g/mol. The number of aromatic nitrogens is 2. The van der Waals surface area contributed by atoms with Crippen molar-refractivity contribution in [3.63, 3.8) is 0 Å². The third-order valence-electron chi connectivity index (χ3n) is 4.26. The highest BCUT2D eigenvalue weighted by Crippen LogP contribution is 2.25. The number of hydrogen-bond donors (Lipinski definition) is 1. The highest BCUT2D eigenvalue weighted by atomic mass is 35.5. The SMILES string of the molecule is COc1ccc(-c2noc(CCNC(=O)COc3cc(C)c(Cl)c(C)c3)n2)cc1.